The summed E-state index contributed by atoms with van der Waals surface area (Å²) in [5.74, 6) is 1.33. The summed E-state index contributed by atoms with van der Waals surface area (Å²) in [6.45, 7) is 0.720. The summed E-state index contributed by atoms with van der Waals surface area (Å²) >= 11 is 6.00. The van der Waals surface area contributed by atoms with Gasteiger partial charge in [-0.25, -0.2) is 0 Å². The van der Waals surface area contributed by atoms with Crippen molar-refractivity contribution in [2.24, 2.45) is 0 Å². The molecule has 0 radical (unpaired) electrons. The third kappa shape index (κ3) is 2.34. The van der Waals surface area contributed by atoms with E-state index in [9.17, 15) is 0 Å². The highest BCUT2D eigenvalue weighted by atomic mass is 35.5. The number of halogens is 1. The fraction of sp³-hybridized carbons (Fsp3) is 0.167. The Morgan fingerprint density at radius 1 is 1.32 bits per heavy atom. The predicted molar refractivity (Wildman–Crippen MR) is 72.1 cm³/mol. The number of anilines is 1. The topological polar surface area (TPSA) is 59.2 Å². The van der Waals surface area contributed by atoms with E-state index >= 15 is 0 Å². The molecule has 0 saturated heterocycles. The molecule has 7 heteroatoms. The molecule has 0 unspecified atom stereocenters. The average molecular weight is 275 g/mol. The van der Waals surface area contributed by atoms with Crippen LogP contribution in [0.15, 0.2) is 36.9 Å². The fourth-order valence-corrected chi connectivity index (χ4v) is 2.06. The van der Waals surface area contributed by atoms with Crippen LogP contribution in [0, 0.1) is 0 Å². The first-order chi connectivity index (χ1) is 9.24. The molecular formula is C12H11ClN6. The molecule has 3 rings (SSSR count). The van der Waals surface area contributed by atoms with E-state index in [0.717, 1.165) is 17.9 Å². The average Bonchev–Trinajstić information content (AvgIpc) is 2.86. The van der Waals surface area contributed by atoms with Crippen molar-refractivity contribution < 1.29 is 0 Å². The summed E-state index contributed by atoms with van der Waals surface area (Å²) in [4.78, 5) is 14.2. The molecule has 96 valence electrons. The molecule has 0 aliphatic heterocycles. The second kappa shape index (κ2) is 4.81. The van der Waals surface area contributed by atoms with Crippen LogP contribution in [0.2, 0.25) is 5.15 Å². The summed E-state index contributed by atoms with van der Waals surface area (Å²) < 4.78 is 1.66. The molecule has 0 spiro atoms. The number of pyridine rings is 1. The number of hydrogen-bond donors (Lipinski definition) is 0. The molecule has 3 heterocycles. The minimum Gasteiger partial charge on any atom is -0.355 e. The Labute approximate surface area is 114 Å². The van der Waals surface area contributed by atoms with Crippen LogP contribution >= 0.6 is 11.6 Å². The predicted octanol–water partition coefficient (Wildman–Crippen LogP) is 1.81. The largest absolute Gasteiger partial charge is 0.355 e. The van der Waals surface area contributed by atoms with E-state index in [-0.39, 0.29) is 0 Å². The lowest BCUT2D eigenvalue weighted by Crippen LogP contribution is -2.20. The lowest BCUT2D eigenvalue weighted by molar-refractivity contribution is 0.831. The number of rotatable bonds is 3. The lowest BCUT2D eigenvalue weighted by atomic mass is 10.2. The van der Waals surface area contributed by atoms with Gasteiger partial charge < -0.3 is 4.90 Å². The number of aromatic nitrogens is 5. The summed E-state index contributed by atoms with van der Waals surface area (Å²) in [6, 6.07) is 5.71. The van der Waals surface area contributed by atoms with Gasteiger partial charge >= 0.3 is 0 Å². The Bertz CT molecular complexity index is 696. The van der Waals surface area contributed by atoms with Gasteiger partial charge in [0.15, 0.2) is 0 Å². The number of nitrogens with zero attached hydrogens (tertiary/aromatic N) is 6. The zero-order chi connectivity index (χ0) is 13.2. The van der Waals surface area contributed by atoms with Crippen molar-refractivity contribution in [3.63, 3.8) is 0 Å². The molecule has 3 aromatic heterocycles. The summed E-state index contributed by atoms with van der Waals surface area (Å²) in [5, 5.41) is 4.55. The summed E-state index contributed by atoms with van der Waals surface area (Å²) in [6.07, 6.45) is 5.00. The van der Waals surface area contributed by atoms with Crippen LogP contribution in [0.4, 0.5) is 5.82 Å². The van der Waals surface area contributed by atoms with Crippen LogP contribution in [-0.4, -0.2) is 31.6 Å². The fourth-order valence-electron chi connectivity index (χ4n) is 1.88. The maximum Gasteiger partial charge on any atom is 0.255 e. The van der Waals surface area contributed by atoms with E-state index in [1.165, 1.54) is 6.33 Å². The molecule has 0 saturated carbocycles. The Hall–Kier alpha value is -2.21. The van der Waals surface area contributed by atoms with Gasteiger partial charge in [-0.1, -0.05) is 11.6 Å². The molecule has 19 heavy (non-hydrogen) atoms. The molecule has 0 aliphatic carbocycles. The molecule has 6 nitrogen and oxygen atoms in total. The molecule has 0 atom stereocenters. The monoisotopic (exact) mass is 274 g/mol. The van der Waals surface area contributed by atoms with E-state index in [1.807, 2.05) is 24.1 Å². The second-order valence-electron chi connectivity index (χ2n) is 4.12. The van der Waals surface area contributed by atoms with Crippen LogP contribution in [0.3, 0.4) is 0 Å². The lowest BCUT2D eigenvalue weighted by Gasteiger charge is -2.19. The highest BCUT2D eigenvalue weighted by Crippen LogP contribution is 2.19. The third-order valence-corrected chi connectivity index (χ3v) is 2.96. The molecule has 0 amide bonds. The van der Waals surface area contributed by atoms with Crippen LogP contribution < -0.4 is 4.90 Å². The molecule has 0 aliphatic rings. The van der Waals surface area contributed by atoms with Crippen LogP contribution in [0.5, 0.6) is 0 Å². The molecule has 3 aromatic rings. The minimum atomic E-state index is 0.400. The zero-order valence-electron chi connectivity index (χ0n) is 10.2. The van der Waals surface area contributed by atoms with Crippen molar-refractivity contribution >= 4 is 23.2 Å². The van der Waals surface area contributed by atoms with Gasteiger partial charge in [-0.3, -0.25) is 4.98 Å². The third-order valence-electron chi connectivity index (χ3n) is 2.76. The first kappa shape index (κ1) is 11.9. The van der Waals surface area contributed by atoms with E-state index in [1.54, 1.807) is 23.0 Å². The van der Waals surface area contributed by atoms with Crippen LogP contribution in [0.1, 0.15) is 5.56 Å². The summed E-state index contributed by atoms with van der Waals surface area (Å²) in [5.41, 5.74) is 1.15. The van der Waals surface area contributed by atoms with Crippen molar-refractivity contribution in [1.82, 2.24) is 24.6 Å². The van der Waals surface area contributed by atoms with E-state index in [4.69, 9.17) is 11.6 Å². The van der Waals surface area contributed by atoms with Crippen molar-refractivity contribution in [3.05, 3.63) is 47.6 Å². The van der Waals surface area contributed by atoms with Crippen LogP contribution in [0.25, 0.3) is 5.78 Å². The Balaban J connectivity index is 1.97. The molecule has 0 bridgehead atoms. The molecule has 0 N–H and O–H groups in total. The number of hydrogen-bond acceptors (Lipinski definition) is 5. The Morgan fingerprint density at radius 2 is 2.11 bits per heavy atom. The quantitative estimate of drug-likeness (QED) is 0.682. The van der Waals surface area contributed by atoms with Crippen molar-refractivity contribution in [3.8, 4) is 0 Å². The van der Waals surface area contributed by atoms with Gasteiger partial charge in [0.2, 0.25) is 0 Å². The van der Waals surface area contributed by atoms with Crippen molar-refractivity contribution in [1.29, 1.82) is 0 Å². The van der Waals surface area contributed by atoms with Gasteiger partial charge in [0.1, 0.15) is 17.3 Å². The first-order valence-corrected chi connectivity index (χ1v) is 6.08. The highest BCUT2D eigenvalue weighted by Gasteiger charge is 2.10. The molecule has 0 aromatic carbocycles. The minimum absolute atomic E-state index is 0.400. The first-order valence-electron chi connectivity index (χ1n) is 5.70. The van der Waals surface area contributed by atoms with Gasteiger partial charge in [0.05, 0.1) is 0 Å². The van der Waals surface area contributed by atoms with Crippen molar-refractivity contribution in [2.45, 2.75) is 6.54 Å². The van der Waals surface area contributed by atoms with Gasteiger partial charge in [0, 0.05) is 32.1 Å². The highest BCUT2D eigenvalue weighted by molar-refractivity contribution is 6.29. The van der Waals surface area contributed by atoms with Gasteiger partial charge in [0.25, 0.3) is 5.78 Å². The van der Waals surface area contributed by atoms with E-state index in [0.29, 0.717) is 10.9 Å². The van der Waals surface area contributed by atoms with E-state index in [2.05, 4.69) is 20.1 Å². The van der Waals surface area contributed by atoms with Gasteiger partial charge in [-0.2, -0.15) is 19.6 Å². The van der Waals surface area contributed by atoms with Gasteiger partial charge in [-0.05, 0) is 17.7 Å². The Kier molecular flexibility index (Phi) is 3.00. The maximum absolute atomic E-state index is 6.00. The molecular weight excluding hydrogens is 264 g/mol. The van der Waals surface area contributed by atoms with Crippen LogP contribution in [-0.2, 0) is 6.54 Å². The van der Waals surface area contributed by atoms with Gasteiger partial charge in [-0.15, -0.1) is 0 Å². The Morgan fingerprint density at radius 3 is 2.89 bits per heavy atom. The normalized spacial score (nSPS) is 10.8. The van der Waals surface area contributed by atoms with Crippen molar-refractivity contribution in [2.75, 3.05) is 11.9 Å². The number of fused-ring (bicyclic) bond motifs is 1. The zero-order valence-corrected chi connectivity index (χ0v) is 11.0. The standard InChI is InChI=1S/C12H11ClN6/c1-18(7-9-2-4-14-5-3-9)11-6-10(13)17-12-15-8-16-19(11)12/h2-6,8H,7H2,1H3. The van der Waals surface area contributed by atoms with E-state index < -0.39 is 0 Å². The smallest absolute Gasteiger partial charge is 0.255 e. The maximum atomic E-state index is 6.00. The SMILES string of the molecule is CN(Cc1ccncc1)c1cc(Cl)nc2ncnn12. The second-order valence-corrected chi connectivity index (χ2v) is 4.51. The summed E-state index contributed by atoms with van der Waals surface area (Å²) in [7, 11) is 1.97. The molecule has 0 fully saturated rings.